The highest BCUT2D eigenvalue weighted by molar-refractivity contribution is 9.10. The predicted octanol–water partition coefficient (Wildman–Crippen LogP) is 3.42. The molecule has 0 aliphatic heterocycles. The minimum absolute atomic E-state index is 0.294. The van der Waals surface area contributed by atoms with E-state index in [1.807, 2.05) is 34.6 Å². The summed E-state index contributed by atoms with van der Waals surface area (Å²) in [6.45, 7) is 9.15. The van der Waals surface area contributed by atoms with Crippen LogP contribution in [0.15, 0.2) is 4.47 Å². The quantitative estimate of drug-likeness (QED) is 0.784. The Bertz CT molecular complexity index is 478. The van der Waals surface area contributed by atoms with E-state index in [1.165, 1.54) is 7.11 Å². The van der Waals surface area contributed by atoms with Crippen LogP contribution in [-0.4, -0.2) is 23.7 Å². The minimum Gasteiger partial charge on any atom is -0.480 e. The molecule has 100 valence electrons. The second-order valence-corrected chi connectivity index (χ2v) is 5.82. The number of aryl methyl sites for hydroxylation is 1. The number of carbonyl (C=O) groups excluding carboxylic acids is 1. The van der Waals surface area contributed by atoms with Crippen LogP contribution in [0.1, 0.15) is 42.4 Å². The normalized spacial score (nSPS) is 11.3. The summed E-state index contributed by atoms with van der Waals surface area (Å²) in [7, 11) is 1.49. The first-order chi connectivity index (χ1) is 8.17. The van der Waals surface area contributed by atoms with Crippen LogP contribution in [0.2, 0.25) is 0 Å². The van der Waals surface area contributed by atoms with Gasteiger partial charge < -0.3 is 9.47 Å². The topological polar surface area (TPSA) is 48.4 Å². The summed E-state index contributed by atoms with van der Waals surface area (Å²) in [6, 6.07) is 0. The van der Waals surface area contributed by atoms with E-state index in [0.29, 0.717) is 11.4 Å². The molecule has 0 radical (unpaired) electrons. The molecule has 0 aliphatic rings. The van der Waals surface area contributed by atoms with Crippen LogP contribution < -0.4 is 4.74 Å². The number of methoxy groups -OCH3 is 1. The third kappa shape index (κ3) is 3.22. The minimum atomic E-state index is -0.550. The molecule has 0 aromatic carbocycles. The zero-order valence-corrected chi connectivity index (χ0v) is 13.1. The van der Waals surface area contributed by atoms with Crippen molar-refractivity contribution >= 4 is 21.9 Å². The average Bonchev–Trinajstić information content (AvgIpc) is 2.22. The number of pyridine rings is 1. The number of nitrogens with zero attached hydrogens (tertiary/aromatic N) is 1. The van der Waals surface area contributed by atoms with Crippen LogP contribution >= 0.6 is 15.9 Å². The number of esters is 1. The molecule has 0 bridgehead atoms. The Hall–Kier alpha value is -1.10. The Morgan fingerprint density at radius 3 is 2.28 bits per heavy atom. The number of hydrogen-bond donors (Lipinski definition) is 0. The first-order valence-electron chi connectivity index (χ1n) is 5.61. The van der Waals surface area contributed by atoms with Crippen molar-refractivity contribution in [2.45, 2.75) is 40.2 Å². The van der Waals surface area contributed by atoms with E-state index >= 15 is 0 Å². The summed E-state index contributed by atoms with van der Waals surface area (Å²) in [5.41, 5.74) is 1.36. The molecule has 4 nitrogen and oxygen atoms in total. The molecule has 0 aliphatic carbocycles. The van der Waals surface area contributed by atoms with E-state index in [-0.39, 0.29) is 0 Å². The number of aromatic nitrogens is 1. The molecule has 1 rings (SSSR count). The van der Waals surface area contributed by atoms with Gasteiger partial charge >= 0.3 is 5.97 Å². The molecule has 0 fully saturated rings. The van der Waals surface area contributed by atoms with Gasteiger partial charge in [0.1, 0.15) is 11.2 Å². The smallest absolute Gasteiger partial charge is 0.344 e. The van der Waals surface area contributed by atoms with Crippen LogP contribution in [-0.2, 0) is 4.74 Å². The van der Waals surface area contributed by atoms with Gasteiger partial charge in [-0.1, -0.05) is 0 Å². The molecule has 0 spiro atoms. The highest BCUT2D eigenvalue weighted by Gasteiger charge is 2.25. The Kier molecular flexibility index (Phi) is 4.37. The summed E-state index contributed by atoms with van der Waals surface area (Å²) < 4.78 is 11.3. The second-order valence-electron chi connectivity index (χ2n) is 5.02. The monoisotopic (exact) mass is 315 g/mol. The fraction of sp³-hybridized carbons (Fsp3) is 0.538. The van der Waals surface area contributed by atoms with E-state index in [2.05, 4.69) is 20.9 Å². The van der Waals surface area contributed by atoms with Gasteiger partial charge in [0, 0.05) is 4.47 Å². The van der Waals surface area contributed by atoms with Crippen LogP contribution in [0.25, 0.3) is 0 Å². The third-order valence-electron chi connectivity index (χ3n) is 2.30. The largest absolute Gasteiger partial charge is 0.480 e. The van der Waals surface area contributed by atoms with Crippen LogP contribution in [0.3, 0.4) is 0 Å². The third-order valence-corrected chi connectivity index (χ3v) is 3.47. The van der Waals surface area contributed by atoms with Crippen molar-refractivity contribution in [3.8, 4) is 5.88 Å². The lowest BCUT2D eigenvalue weighted by atomic mass is 10.1. The molecule has 18 heavy (non-hydrogen) atoms. The van der Waals surface area contributed by atoms with Crippen LogP contribution in [0.4, 0.5) is 0 Å². The molecular formula is C13H18BrNO3. The first kappa shape index (κ1) is 15.0. The van der Waals surface area contributed by atoms with Crippen molar-refractivity contribution in [1.82, 2.24) is 4.98 Å². The Morgan fingerprint density at radius 2 is 1.83 bits per heavy atom. The SMILES string of the molecule is COc1nc(C)c(Br)c(C)c1C(=O)OC(C)(C)C. The Balaban J connectivity index is 3.31. The van der Waals surface area contributed by atoms with Gasteiger partial charge in [-0.25, -0.2) is 9.78 Å². The summed E-state index contributed by atoms with van der Waals surface area (Å²) in [5, 5.41) is 0. The first-order valence-corrected chi connectivity index (χ1v) is 6.40. The van der Waals surface area contributed by atoms with E-state index in [1.54, 1.807) is 0 Å². The molecular weight excluding hydrogens is 298 g/mol. The van der Waals surface area contributed by atoms with Gasteiger partial charge in [0.25, 0.3) is 0 Å². The number of ether oxygens (including phenoxy) is 2. The summed E-state index contributed by atoms with van der Waals surface area (Å²) in [6.07, 6.45) is 0. The second kappa shape index (κ2) is 5.26. The number of halogens is 1. The molecule has 1 aromatic heterocycles. The van der Waals surface area contributed by atoms with E-state index < -0.39 is 11.6 Å². The van der Waals surface area contributed by atoms with Gasteiger partial charge in [-0.05, 0) is 56.1 Å². The van der Waals surface area contributed by atoms with Crippen molar-refractivity contribution in [2.75, 3.05) is 7.11 Å². The maximum Gasteiger partial charge on any atom is 0.344 e. The molecule has 1 aromatic rings. The van der Waals surface area contributed by atoms with E-state index in [4.69, 9.17) is 9.47 Å². The predicted molar refractivity (Wildman–Crippen MR) is 73.1 cm³/mol. The average molecular weight is 316 g/mol. The summed E-state index contributed by atoms with van der Waals surface area (Å²) >= 11 is 3.42. The Labute approximate surface area is 116 Å². The van der Waals surface area contributed by atoms with Gasteiger partial charge in [0.15, 0.2) is 0 Å². The van der Waals surface area contributed by atoms with E-state index in [0.717, 1.165) is 15.7 Å². The zero-order valence-electron chi connectivity index (χ0n) is 11.5. The van der Waals surface area contributed by atoms with Crippen molar-refractivity contribution in [3.63, 3.8) is 0 Å². The fourth-order valence-corrected chi connectivity index (χ4v) is 1.80. The van der Waals surface area contributed by atoms with Gasteiger partial charge in [-0.2, -0.15) is 0 Å². The number of hydrogen-bond acceptors (Lipinski definition) is 4. The lowest BCUT2D eigenvalue weighted by molar-refractivity contribution is 0.00648. The zero-order chi connectivity index (χ0) is 14.1. The molecule has 5 heteroatoms. The molecule has 1 heterocycles. The number of carbonyl (C=O) groups is 1. The van der Waals surface area contributed by atoms with Gasteiger partial charge in [-0.15, -0.1) is 0 Å². The molecule has 0 atom stereocenters. The van der Waals surface area contributed by atoms with Crippen LogP contribution in [0.5, 0.6) is 5.88 Å². The van der Waals surface area contributed by atoms with Gasteiger partial charge in [0.2, 0.25) is 5.88 Å². The molecule has 0 saturated carbocycles. The Morgan fingerprint density at radius 1 is 1.28 bits per heavy atom. The van der Waals surface area contributed by atoms with Crippen molar-refractivity contribution in [1.29, 1.82) is 0 Å². The molecule has 0 unspecified atom stereocenters. The molecule has 0 amide bonds. The maximum atomic E-state index is 12.2. The lowest BCUT2D eigenvalue weighted by Gasteiger charge is -2.21. The standard InChI is InChI=1S/C13H18BrNO3/c1-7-9(12(16)18-13(3,4)5)11(17-6)15-8(2)10(7)14/h1-6H3. The highest BCUT2D eigenvalue weighted by atomic mass is 79.9. The molecule has 0 saturated heterocycles. The summed E-state index contributed by atoms with van der Waals surface area (Å²) in [4.78, 5) is 16.4. The van der Waals surface area contributed by atoms with Crippen molar-refractivity contribution in [3.05, 3.63) is 21.3 Å². The van der Waals surface area contributed by atoms with Crippen LogP contribution in [0, 0.1) is 13.8 Å². The lowest BCUT2D eigenvalue weighted by Crippen LogP contribution is -2.25. The van der Waals surface area contributed by atoms with E-state index in [9.17, 15) is 4.79 Å². The van der Waals surface area contributed by atoms with Gasteiger partial charge in [0.05, 0.1) is 12.8 Å². The molecule has 0 N–H and O–H groups in total. The van der Waals surface area contributed by atoms with Crippen molar-refractivity contribution < 1.29 is 14.3 Å². The number of rotatable bonds is 2. The highest BCUT2D eigenvalue weighted by Crippen LogP contribution is 2.30. The van der Waals surface area contributed by atoms with Crippen molar-refractivity contribution in [2.24, 2.45) is 0 Å². The maximum absolute atomic E-state index is 12.2. The summed E-state index contributed by atoms with van der Waals surface area (Å²) in [5.74, 6) is -0.132. The fourth-order valence-electron chi connectivity index (χ4n) is 1.52. The van der Waals surface area contributed by atoms with Gasteiger partial charge in [-0.3, -0.25) is 0 Å².